The summed E-state index contributed by atoms with van der Waals surface area (Å²) in [6, 6.07) is 24.1. The minimum Gasteiger partial charge on any atom is -0.497 e. The lowest BCUT2D eigenvalue weighted by molar-refractivity contribution is 0.0694. The number of hydrogen-bond donors (Lipinski definition) is 0. The standard InChI is InChI=1S/C25H26N2O4S/c1-19-8-10-21(11-9-19)25-16-23(31-26-25)18-27(17-20-6-4-3-5-7-20)32(28,29)24-14-12-22(30-2)13-15-24/h3-15,23H,16-18H2,1-2H3. The molecule has 0 aliphatic carbocycles. The van der Waals surface area contributed by atoms with E-state index in [1.165, 1.54) is 9.87 Å². The summed E-state index contributed by atoms with van der Waals surface area (Å²) in [5, 5.41) is 4.23. The molecule has 166 valence electrons. The SMILES string of the molecule is COc1ccc(S(=O)(=O)N(Cc2ccccc2)CC2CC(c3ccc(C)cc3)=NO2)cc1. The van der Waals surface area contributed by atoms with Gasteiger partial charge in [0.05, 0.1) is 24.3 Å². The molecule has 4 rings (SSSR count). The van der Waals surface area contributed by atoms with Crippen LogP contribution in [0.3, 0.4) is 0 Å². The van der Waals surface area contributed by atoms with Crippen LogP contribution in [0.15, 0.2) is 88.9 Å². The Morgan fingerprint density at radius 1 is 1.00 bits per heavy atom. The highest BCUT2D eigenvalue weighted by molar-refractivity contribution is 7.89. The number of oxime groups is 1. The molecule has 0 spiro atoms. The van der Waals surface area contributed by atoms with Gasteiger partial charge in [-0.05, 0) is 42.3 Å². The van der Waals surface area contributed by atoms with Gasteiger partial charge in [-0.2, -0.15) is 4.31 Å². The molecule has 0 saturated carbocycles. The number of methoxy groups -OCH3 is 1. The zero-order chi connectivity index (χ0) is 22.6. The molecule has 0 N–H and O–H groups in total. The van der Waals surface area contributed by atoms with Gasteiger partial charge in [0.1, 0.15) is 11.9 Å². The highest BCUT2D eigenvalue weighted by Gasteiger charge is 2.31. The summed E-state index contributed by atoms with van der Waals surface area (Å²) >= 11 is 0. The van der Waals surface area contributed by atoms with Gasteiger partial charge in [-0.25, -0.2) is 8.42 Å². The number of benzene rings is 3. The van der Waals surface area contributed by atoms with Crippen molar-refractivity contribution in [3.63, 3.8) is 0 Å². The van der Waals surface area contributed by atoms with Crippen molar-refractivity contribution in [3.8, 4) is 5.75 Å². The van der Waals surface area contributed by atoms with E-state index in [1.54, 1.807) is 31.4 Å². The van der Waals surface area contributed by atoms with Gasteiger partial charge >= 0.3 is 0 Å². The molecule has 0 amide bonds. The fourth-order valence-corrected chi connectivity index (χ4v) is 5.06. The predicted molar refractivity (Wildman–Crippen MR) is 124 cm³/mol. The summed E-state index contributed by atoms with van der Waals surface area (Å²) in [5.74, 6) is 0.605. The van der Waals surface area contributed by atoms with Crippen molar-refractivity contribution in [2.75, 3.05) is 13.7 Å². The molecule has 0 fully saturated rings. The van der Waals surface area contributed by atoms with Gasteiger partial charge in [0.2, 0.25) is 10.0 Å². The van der Waals surface area contributed by atoms with Crippen LogP contribution >= 0.6 is 0 Å². The molecule has 1 unspecified atom stereocenters. The maximum absolute atomic E-state index is 13.5. The van der Waals surface area contributed by atoms with Gasteiger partial charge in [0.15, 0.2) is 0 Å². The van der Waals surface area contributed by atoms with E-state index in [1.807, 2.05) is 61.5 Å². The molecule has 1 atom stereocenters. The Labute approximate surface area is 189 Å². The lowest BCUT2D eigenvalue weighted by atomic mass is 10.0. The van der Waals surface area contributed by atoms with Gasteiger partial charge in [-0.15, -0.1) is 0 Å². The second-order valence-corrected chi connectivity index (χ2v) is 9.73. The largest absolute Gasteiger partial charge is 0.497 e. The summed E-state index contributed by atoms with van der Waals surface area (Å²) < 4.78 is 33.6. The van der Waals surface area contributed by atoms with Crippen LogP contribution in [0.4, 0.5) is 0 Å². The van der Waals surface area contributed by atoms with Crippen LogP contribution in [0.1, 0.15) is 23.1 Å². The molecular formula is C25H26N2O4S. The molecular weight excluding hydrogens is 424 g/mol. The van der Waals surface area contributed by atoms with Crippen LogP contribution in [-0.4, -0.2) is 38.2 Å². The third kappa shape index (κ3) is 5.00. The average molecular weight is 451 g/mol. The van der Waals surface area contributed by atoms with Gasteiger partial charge < -0.3 is 9.57 Å². The van der Waals surface area contributed by atoms with E-state index in [2.05, 4.69) is 5.16 Å². The monoisotopic (exact) mass is 450 g/mol. The second kappa shape index (κ2) is 9.54. The Hall–Kier alpha value is -3.16. The van der Waals surface area contributed by atoms with E-state index >= 15 is 0 Å². The molecule has 1 heterocycles. The van der Waals surface area contributed by atoms with E-state index < -0.39 is 10.0 Å². The Kier molecular flexibility index (Phi) is 6.58. The summed E-state index contributed by atoms with van der Waals surface area (Å²) in [4.78, 5) is 5.86. The maximum atomic E-state index is 13.5. The molecule has 0 radical (unpaired) electrons. The van der Waals surface area contributed by atoms with Crippen LogP contribution in [0, 0.1) is 6.92 Å². The van der Waals surface area contributed by atoms with Gasteiger partial charge in [-0.1, -0.05) is 65.3 Å². The lowest BCUT2D eigenvalue weighted by Gasteiger charge is -2.24. The molecule has 3 aromatic rings. The van der Waals surface area contributed by atoms with Crippen LogP contribution in [0.2, 0.25) is 0 Å². The van der Waals surface area contributed by atoms with Crippen LogP contribution in [0.5, 0.6) is 5.75 Å². The first kappa shape index (κ1) is 22.0. The number of sulfonamides is 1. The third-order valence-corrected chi connectivity index (χ3v) is 7.25. The summed E-state index contributed by atoms with van der Waals surface area (Å²) in [7, 11) is -2.20. The smallest absolute Gasteiger partial charge is 0.243 e. The number of aryl methyl sites for hydroxylation is 1. The van der Waals surface area contributed by atoms with E-state index in [-0.39, 0.29) is 24.1 Å². The van der Waals surface area contributed by atoms with Crippen LogP contribution in [0.25, 0.3) is 0 Å². The Bertz CT molecular complexity index is 1170. The minimum absolute atomic E-state index is 0.197. The van der Waals surface area contributed by atoms with Crippen molar-refractivity contribution in [2.45, 2.75) is 30.9 Å². The molecule has 32 heavy (non-hydrogen) atoms. The van der Waals surface area contributed by atoms with E-state index in [9.17, 15) is 8.42 Å². The molecule has 7 heteroatoms. The molecule has 3 aromatic carbocycles. The summed E-state index contributed by atoms with van der Waals surface area (Å²) in [6.45, 7) is 2.47. The Morgan fingerprint density at radius 2 is 1.69 bits per heavy atom. The van der Waals surface area contributed by atoms with Crippen molar-refractivity contribution >= 4 is 15.7 Å². The first-order chi connectivity index (χ1) is 15.5. The van der Waals surface area contributed by atoms with Crippen molar-refractivity contribution < 1.29 is 18.0 Å². The number of rotatable bonds is 8. The van der Waals surface area contributed by atoms with Crippen molar-refractivity contribution in [2.24, 2.45) is 5.16 Å². The quantitative estimate of drug-likeness (QED) is 0.511. The molecule has 0 saturated heterocycles. The Morgan fingerprint density at radius 3 is 2.34 bits per heavy atom. The van der Waals surface area contributed by atoms with E-state index in [0.29, 0.717) is 12.2 Å². The van der Waals surface area contributed by atoms with E-state index in [4.69, 9.17) is 9.57 Å². The predicted octanol–water partition coefficient (Wildman–Crippen LogP) is 4.39. The van der Waals surface area contributed by atoms with Crippen molar-refractivity contribution in [1.82, 2.24) is 4.31 Å². The highest BCUT2D eigenvalue weighted by atomic mass is 32.2. The van der Waals surface area contributed by atoms with Crippen molar-refractivity contribution in [3.05, 3.63) is 95.6 Å². The zero-order valence-corrected chi connectivity index (χ0v) is 19.0. The molecule has 0 aromatic heterocycles. The van der Waals surface area contributed by atoms with Crippen LogP contribution < -0.4 is 4.74 Å². The highest BCUT2D eigenvalue weighted by Crippen LogP contribution is 2.25. The van der Waals surface area contributed by atoms with Crippen LogP contribution in [-0.2, 0) is 21.4 Å². The zero-order valence-electron chi connectivity index (χ0n) is 18.1. The Balaban J connectivity index is 1.55. The van der Waals surface area contributed by atoms with Gasteiger partial charge in [-0.3, -0.25) is 0 Å². The van der Waals surface area contributed by atoms with Gasteiger partial charge in [0.25, 0.3) is 0 Å². The summed E-state index contributed by atoms with van der Waals surface area (Å²) in [5.41, 5.74) is 3.90. The first-order valence-electron chi connectivity index (χ1n) is 10.4. The first-order valence-corrected chi connectivity index (χ1v) is 11.9. The molecule has 1 aliphatic heterocycles. The average Bonchev–Trinajstić information content (AvgIpc) is 3.28. The summed E-state index contributed by atoms with van der Waals surface area (Å²) in [6.07, 6.45) is 0.190. The van der Waals surface area contributed by atoms with Gasteiger partial charge in [0, 0.05) is 13.0 Å². The fraction of sp³-hybridized carbons (Fsp3) is 0.240. The third-order valence-electron chi connectivity index (χ3n) is 5.42. The maximum Gasteiger partial charge on any atom is 0.243 e. The fourth-order valence-electron chi connectivity index (χ4n) is 3.60. The topological polar surface area (TPSA) is 68.2 Å². The van der Waals surface area contributed by atoms with Crippen molar-refractivity contribution in [1.29, 1.82) is 0 Å². The molecule has 6 nitrogen and oxygen atoms in total. The minimum atomic E-state index is -3.75. The second-order valence-electron chi connectivity index (χ2n) is 7.79. The number of ether oxygens (including phenoxy) is 1. The molecule has 1 aliphatic rings. The number of nitrogens with zero attached hydrogens (tertiary/aromatic N) is 2. The number of hydrogen-bond acceptors (Lipinski definition) is 5. The lowest BCUT2D eigenvalue weighted by Crippen LogP contribution is -2.37. The van der Waals surface area contributed by atoms with E-state index in [0.717, 1.165) is 16.8 Å². The normalized spacial score (nSPS) is 16.0. The molecule has 0 bridgehead atoms.